The second kappa shape index (κ2) is 9.53. The summed E-state index contributed by atoms with van der Waals surface area (Å²) in [5.74, 6) is -3.07. The first-order chi connectivity index (χ1) is 27.1. The molecule has 276 valence electrons. The van der Waals surface area contributed by atoms with E-state index in [1.807, 2.05) is 0 Å². The Morgan fingerprint density at radius 1 is 0.625 bits per heavy atom. The van der Waals surface area contributed by atoms with Gasteiger partial charge in [-0.15, -0.1) is 0 Å². The molecule has 3 aliphatic carbocycles. The van der Waals surface area contributed by atoms with Crippen LogP contribution in [0.2, 0.25) is 0 Å². The van der Waals surface area contributed by atoms with Crippen LogP contribution >= 0.6 is 0 Å². The van der Waals surface area contributed by atoms with Crippen molar-refractivity contribution in [3.05, 3.63) is 69.8 Å². The molecule has 1 saturated carbocycles. The molecule has 4 heterocycles. The largest absolute Gasteiger partial charge is 0.454 e. The second-order valence-corrected chi connectivity index (χ2v) is 17.3. The minimum Gasteiger partial charge on any atom is -0.454 e. The first-order valence-corrected chi connectivity index (χ1v) is 20.0. The third-order valence-electron chi connectivity index (χ3n) is 14.5. The number of aryl methyl sites for hydroxylation is 2. The lowest BCUT2D eigenvalue weighted by Crippen LogP contribution is -2.74. The zero-order valence-electron chi connectivity index (χ0n) is 31.2. The van der Waals surface area contributed by atoms with Crippen molar-refractivity contribution in [2.45, 2.75) is 89.4 Å². The maximum atomic E-state index is 12.6. The van der Waals surface area contributed by atoms with Crippen LogP contribution in [0, 0.1) is 0 Å². The average molecular weight is 742 g/mol. The van der Waals surface area contributed by atoms with E-state index in [4.69, 9.17) is 23.7 Å². The number of benzene rings is 7. The van der Waals surface area contributed by atoms with Crippen LogP contribution in [0.4, 0.5) is 0 Å². The fraction of sp³-hybridized carbons (Fsp3) is 0.340. The van der Waals surface area contributed by atoms with Crippen molar-refractivity contribution in [3.8, 4) is 0 Å². The Morgan fingerprint density at radius 3 is 1.68 bits per heavy atom. The van der Waals surface area contributed by atoms with Crippen LogP contribution in [-0.2, 0) is 70.3 Å². The van der Waals surface area contributed by atoms with Gasteiger partial charge in [0.15, 0.2) is 17.8 Å². The van der Waals surface area contributed by atoms with Gasteiger partial charge in [0.25, 0.3) is 0 Å². The third-order valence-corrected chi connectivity index (χ3v) is 14.5. The number of carbonyl (C=O) groups is 3. The van der Waals surface area contributed by atoms with Gasteiger partial charge in [0.05, 0.1) is 24.2 Å². The van der Waals surface area contributed by atoms with Gasteiger partial charge < -0.3 is 28.3 Å². The molecule has 0 N–H and O–H groups in total. The van der Waals surface area contributed by atoms with Gasteiger partial charge in [-0.05, 0) is 119 Å². The van der Waals surface area contributed by atoms with Crippen molar-refractivity contribution in [1.82, 2.24) is 4.57 Å². The van der Waals surface area contributed by atoms with Crippen molar-refractivity contribution >= 4 is 104 Å². The van der Waals surface area contributed by atoms with E-state index in [2.05, 4.69) is 41.0 Å². The summed E-state index contributed by atoms with van der Waals surface area (Å²) >= 11 is 0. The average Bonchev–Trinajstić information content (AvgIpc) is 3.81. The molecular formula is C47H35NO8. The van der Waals surface area contributed by atoms with E-state index in [1.165, 1.54) is 141 Å². The Hall–Kier alpha value is -5.51. The minimum atomic E-state index is -1.39. The first-order valence-electron chi connectivity index (χ1n) is 20.0. The number of rotatable bonds is 7. The maximum Gasteiger partial charge on any atom is 0.303 e. The lowest BCUT2D eigenvalue weighted by Gasteiger charge is -2.57. The summed E-state index contributed by atoms with van der Waals surface area (Å²) in [6, 6.07) is 14.6. The monoisotopic (exact) mass is 741 g/mol. The van der Waals surface area contributed by atoms with Gasteiger partial charge in [0.2, 0.25) is 5.79 Å². The maximum absolute atomic E-state index is 12.6. The van der Waals surface area contributed by atoms with Gasteiger partial charge in [-0.25, -0.2) is 0 Å². The Bertz CT molecular complexity index is 3160. The van der Waals surface area contributed by atoms with Gasteiger partial charge >= 0.3 is 17.9 Å². The van der Waals surface area contributed by atoms with Gasteiger partial charge in [0, 0.05) is 55.3 Å². The fourth-order valence-electron chi connectivity index (χ4n) is 12.9. The number of pyridine rings is 1. The normalized spacial score (nSPS) is 24.7. The highest BCUT2D eigenvalue weighted by atomic mass is 16.7. The predicted octanol–water partition coefficient (Wildman–Crippen LogP) is 8.07. The van der Waals surface area contributed by atoms with Crippen molar-refractivity contribution < 1.29 is 38.1 Å². The lowest BCUT2D eigenvalue weighted by atomic mass is 9.73. The van der Waals surface area contributed by atoms with E-state index in [1.54, 1.807) is 0 Å². The first kappa shape index (κ1) is 30.7. The Morgan fingerprint density at radius 2 is 1.14 bits per heavy atom. The van der Waals surface area contributed by atoms with Gasteiger partial charge in [-0.2, -0.15) is 0 Å². The zero-order valence-corrected chi connectivity index (χ0v) is 31.2. The topological polar surface area (TPSA) is 102 Å². The molecule has 4 bridgehead atoms. The minimum absolute atomic E-state index is 0.0480. The summed E-state index contributed by atoms with van der Waals surface area (Å²) in [5.41, 5.74) is 9.78. The predicted molar refractivity (Wildman–Crippen MR) is 212 cm³/mol. The van der Waals surface area contributed by atoms with Crippen molar-refractivity contribution in [2.24, 2.45) is 0 Å². The van der Waals surface area contributed by atoms with Crippen LogP contribution in [0.15, 0.2) is 36.4 Å². The lowest BCUT2D eigenvalue weighted by molar-refractivity contribution is -0.390. The highest BCUT2D eigenvalue weighted by molar-refractivity contribution is 6.55. The number of hydrogen-bond donors (Lipinski definition) is 0. The van der Waals surface area contributed by atoms with Crippen LogP contribution in [0.1, 0.15) is 67.0 Å². The summed E-state index contributed by atoms with van der Waals surface area (Å²) in [6.45, 7) is 4.65. The smallest absolute Gasteiger partial charge is 0.303 e. The summed E-state index contributed by atoms with van der Waals surface area (Å²) in [5, 5.41) is 19.9. The summed E-state index contributed by atoms with van der Waals surface area (Å²) < 4.78 is 33.3. The number of nitrogens with zero attached hydrogens (tertiary/aromatic N) is 1. The molecule has 0 amide bonds. The number of aromatic nitrogens is 1. The molecule has 15 rings (SSSR count). The van der Waals surface area contributed by atoms with Crippen LogP contribution in [-0.4, -0.2) is 59.3 Å². The summed E-state index contributed by atoms with van der Waals surface area (Å²) in [7, 11) is 0. The SMILES string of the molecule is CC(=O)OC1[C@H](OC(C)=O)C2(OCCn3c4c5cc6c7c8c(cc9ccc%10cc%11c%12c%13c(cc(c3c%13c(c3c8c9c%10c%123)c74)CC5)C%11)C6)CCC1(OC(C)=O)CO2. The molecule has 3 aliphatic heterocycles. The Kier molecular flexibility index (Phi) is 5.22. The number of esters is 3. The highest BCUT2D eigenvalue weighted by Crippen LogP contribution is 2.61. The molecule has 9 aromatic rings. The standard InChI is InChI=1S/C47H35NO8/c1-19(49)54-44-45(55-20(2)50)47(9-8-46(44,18-53-47)56-21(3)51)52-11-10-48-42-24-6-7-25-15-29-17-27-13-23-5-4-22-12-26-16-28(14-24)34-32(26)36-30(22)31(23)37-33(27)35(29)41(43(25)48)39(38(36)37)40(34)42/h4-5,12-15,44-45H,6-11,16-18H2,1-3H3/t44?,45-,46?,47?/m0/s1. The number of fused-ring (bicyclic) bond motifs is 3. The summed E-state index contributed by atoms with van der Waals surface area (Å²) in [6.07, 6.45) is 2.21. The van der Waals surface area contributed by atoms with Crippen LogP contribution in [0.5, 0.6) is 0 Å². The van der Waals surface area contributed by atoms with Gasteiger partial charge in [-0.3, -0.25) is 14.4 Å². The molecule has 8 aromatic carbocycles. The number of ether oxygens (including phenoxy) is 5. The van der Waals surface area contributed by atoms with E-state index in [0.29, 0.717) is 19.4 Å². The fourth-order valence-corrected chi connectivity index (χ4v) is 12.9. The van der Waals surface area contributed by atoms with E-state index in [9.17, 15) is 14.4 Å². The van der Waals surface area contributed by atoms with E-state index in [0.717, 1.165) is 25.7 Å². The molecule has 0 spiro atoms. The summed E-state index contributed by atoms with van der Waals surface area (Å²) in [4.78, 5) is 37.4. The molecule has 6 aliphatic rings. The Labute approximate surface area is 318 Å². The van der Waals surface area contributed by atoms with Crippen molar-refractivity contribution in [1.29, 1.82) is 0 Å². The highest BCUT2D eigenvalue weighted by Gasteiger charge is 2.68. The molecule has 4 atom stereocenters. The molecule has 9 heteroatoms. The molecule has 56 heavy (non-hydrogen) atoms. The molecule has 9 nitrogen and oxygen atoms in total. The molecule has 3 unspecified atom stereocenters. The molecule has 0 radical (unpaired) electrons. The molecule has 3 fully saturated rings. The van der Waals surface area contributed by atoms with Crippen LogP contribution in [0.3, 0.4) is 0 Å². The number of carbonyl (C=O) groups excluding carboxylic acids is 3. The number of hydrogen-bond acceptors (Lipinski definition) is 8. The van der Waals surface area contributed by atoms with Gasteiger partial charge in [-0.1, -0.05) is 36.4 Å². The molecule has 1 aromatic heterocycles. The van der Waals surface area contributed by atoms with Crippen LogP contribution < -0.4 is 0 Å². The molecular weight excluding hydrogens is 707 g/mol. The zero-order chi connectivity index (χ0) is 37.3. The van der Waals surface area contributed by atoms with E-state index < -0.39 is 41.5 Å². The van der Waals surface area contributed by atoms with Gasteiger partial charge in [0.1, 0.15) is 0 Å². The quantitative estimate of drug-likeness (QED) is 0.0700. The Balaban J connectivity index is 1.00. The van der Waals surface area contributed by atoms with E-state index >= 15 is 0 Å². The van der Waals surface area contributed by atoms with E-state index in [-0.39, 0.29) is 13.2 Å². The molecule has 2 saturated heterocycles. The van der Waals surface area contributed by atoms with Crippen molar-refractivity contribution in [3.63, 3.8) is 0 Å². The second-order valence-electron chi connectivity index (χ2n) is 17.3. The third kappa shape index (κ3) is 3.28. The van der Waals surface area contributed by atoms with Crippen LogP contribution in [0.25, 0.3) is 86.4 Å². The van der Waals surface area contributed by atoms with Crippen molar-refractivity contribution in [2.75, 3.05) is 13.2 Å².